The smallest absolute Gasteiger partial charge is 0.240 e. The molecule has 0 aliphatic carbocycles. The van der Waals surface area contributed by atoms with Gasteiger partial charge in [-0.15, -0.1) is 0 Å². The first kappa shape index (κ1) is 36.0. The van der Waals surface area contributed by atoms with Gasteiger partial charge in [0.15, 0.2) is 5.82 Å². The lowest BCUT2D eigenvalue weighted by atomic mass is 9.93. The molecule has 7 nitrogen and oxygen atoms in total. The number of nitrogens with zero attached hydrogens (tertiary/aromatic N) is 6. The number of H-pyrrole nitrogens is 1. The van der Waals surface area contributed by atoms with Gasteiger partial charge in [0.2, 0.25) is 11.9 Å². The van der Waals surface area contributed by atoms with E-state index in [4.69, 9.17) is 15.0 Å². The minimum Gasteiger partial charge on any atom is -0.353 e. The Morgan fingerprint density at radius 2 is 0.794 bits per heavy atom. The highest BCUT2D eigenvalue weighted by molar-refractivity contribution is 6.26. The number of hydrogen-bond acceptors (Lipinski definition) is 3. The van der Waals surface area contributed by atoms with Crippen molar-refractivity contribution in [1.29, 1.82) is 0 Å². The first-order valence-electron chi connectivity index (χ1n) is 23.1. The first-order chi connectivity index (χ1) is 33.7. The molecule has 0 unspecified atom stereocenters. The van der Waals surface area contributed by atoms with Crippen molar-refractivity contribution in [3.8, 4) is 29.0 Å². The lowest BCUT2D eigenvalue weighted by molar-refractivity contribution is 0.894. The molecule has 0 amide bonds. The molecule has 16 aromatic rings. The SMILES string of the molecule is c1ccc(-n2c3ccccc3c3ccc4c5ccccc5n(-c5nc(-c6cc7ccc8cccc9ccc(c6)c7c89)nc(-n6c7ccccc7c7ccc8c9ccccc9[nH]c8c76)n5)c4c32)cc1. The van der Waals surface area contributed by atoms with Crippen molar-refractivity contribution in [1.82, 2.24) is 33.6 Å². The van der Waals surface area contributed by atoms with Crippen LogP contribution in [0, 0.1) is 0 Å². The highest BCUT2D eigenvalue weighted by Crippen LogP contribution is 2.44. The van der Waals surface area contributed by atoms with E-state index in [1.54, 1.807) is 0 Å². The average Bonchev–Trinajstić information content (AvgIpc) is 4.15. The van der Waals surface area contributed by atoms with E-state index in [1.165, 1.54) is 32.3 Å². The molecule has 0 spiro atoms. The summed E-state index contributed by atoms with van der Waals surface area (Å²) in [5, 5.41) is 16.5. The van der Waals surface area contributed by atoms with E-state index in [0.717, 1.165) is 98.5 Å². The van der Waals surface area contributed by atoms with E-state index in [-0.39, 0.29) is 0 Å². The second-order valence-electron chi connectivity index (χ2n) is 18.1. The molecule has 68 heavy (non-hydrogen) atoms. The van der Waals surface area contributed by atoms with Crippen LogP contribution in [-0.2, 0) is 0 Å². The van der Waals surface area contributed by atoms with Crippen molar-refractivity contribution in [3.05, 3.63) is 206 Å². The lowest BCUT2D eigenvalue weighted by Gasteiger charge is -2.15. The van der Waals surface area contributed by atoms with Gasteiger partial charge in [0.1, 0.15) is 0 Å². The van der Waals surface area contributed by atoms with Crippen LogP contribution in [0.15, 0.2) is 206 Å². The Balaban J connectivity index is 1.08. The Labute approximate surface area is 386 Å². The molecule has 0 aliphatic rings. The summed E-state index contributed by atoms with van der Waals surface area (Å²) in [6.45, 7) is 0. The number of para-hydroxylation sites is 5. The largest absolute Gasteiger partial charge is 0.353 e. The molecule has 0 bridgehead atoms. The maximum absolute atomic E-state index is 5.69. The van der Waals surface area contributed by atoms with E-state index < -0.39 is 0 Å². The van der Waals surface area contributed by atoms with Gasteiger partial charge in [-0.25, -0.2) is 0 Å². The molecule has 0 aliphatic heterocycles. The molecule has 314 valence electrons. The third-order valence-corrected chi connectivity index (χ3v) is 14.5. The summed E-state index contributed by atoms with van der Waals surface area (Å²) in [6, 6.07) is 74.3. The summed E-state index contributed by atoms with van der Waals surface area (Å²) in [6.07, 6.45) is 0. The number of rotatable bonds is 4. The molecule has 0 radical (unpaired) electrons. The van der Waals surface area contributed by atoms with Crippen molar-refractivity contribution in [2.45, 2.75) is 0 Å². The summed E-state index contributed by atoms with van der Waals surface area (Å²) in [7, 11) is 0. The van der Waals surface area contributed by atoms with Gasteiger partial charge in [-0.1, -0.05) is 158 Å². The topological polar surface area (TPSA) is 69.2 Å². The third-order valence-electron chi connectivity index (χ3n) is 14.5. The Bertz CT molecular complexity index is 4730. The molecular formula is C61H35N7. The molecular weight excluding hydrogens is 831 g/mol. The number of fused-ring (bicyclic) bond motifs is 14. The zero-order valence-electron chi connectivity index (χ0n) is 36.3. The van der Waals surface area contributed by atoms with Crippen LogP contribution in [0.4, 0.5) is 0 Å². The zero-order chi connectivity index (χ0) is 44.2. The van der Waals surface area contributed by atoms with Gasteiger partial charge in [0.05, 0.1) is 38.6 Å². The number of aromatic nitrogens is 7. The summed E-state index contributed by atoms with van der Waals surface area (Å²) >= 11 is 0. The fraction of sp³-hybridized carbons (Fsp3) is 0. The first-order valence-corrected chi connectivity index (χ1v) is 23.1. The van der Waals surface area contributed by atoms with Gasteiger partial charge in [-0.05, 0) is 80.8 Å². The van der Waals surface area contributed by atoms with Crippen LogP contribution < -0.4 is 0 Å². The van der Waals surface area contributed by atoms with Crippen LogP contribution in [0.2, 0.25) is 0 Å². The Kier molecular flexibility index (Phi) is 6.95. The molecule has 11 aromatic carbocycles. The second kappa shape index (κ2) is 13.2. The molecule has 0 atom stereocenters. The van der Waals surface area contributed by atoms with Gasteiger partial charge in [-0.2, -0.15) is 15.0 Å². The van der Waals surface area contributed by atoms with Gasteiger partial charge in [-0.3, -0.25) is 9.13 Å². The summed E-state index contributed by atoms with van der Waals surface area (Å²) < 4.78 is 6.95. The molecule has 0 saturated carbocycles. The summed E-state index contributed by atoms with van der Waals surface area (Å²) in [5.41, 5.74) is 10.4. The fourth-order valence-electron chi connectivity index (χ4n) is 11.7. The molecule has 0 fully saturated rings. The van der Waals surface area contributed by atoms with Crippen LogP contribution >= 0.6 is 0 Å². The van der Waals surface area contributed by atoms with Crippen LogP contribution in [0.3, 0.4) is 0 Å². The molecule has 5 heterocycles. The van der Waals surface area contributed by atoms with E-state index in [0.29, 0.717) is 17.7 Å². The van der Waals surface area contributed by atoms with Gasteiger partial charge in [0, 0.05) is 59.9 Å². The average molecular weight is 866 g/mol. The highest BCUT2D eigenvalue weighted by Gasteiger charge is 2.26. The second-order valence-corrected chi connectivity index (χ2v) is 18.1. The lowest BCUT2D eigenvalue weighted by Crippen LogP contribution is -2.11. The van der Waals surface area contributed by atoms with Crippen LogP contribution in [-0.4, -0.2) is 33.6 Å². The number of hydrogen-bond donors (Lipinski definition) is 1. The standard InChI is InChI=1S/C61H35N7/c1-2-15-40(16-3-1)66-50-22-9-5-19-43(50)47-31-32-48-44-20-7-11-24-52(44)68(58(48)57(47)66)61-64-59(39-33-37-27-25-35-13-12-14-36-26-28-38(34-39)54(37)53(35)36)63-60(65-61)67-51-23-10-6-18-42(51)46-30-29-45-41-17-4-8-21-49(41)62-55(45)56(46)67/h1-34,62H. The minimum absolute atomic E-state index is 0.536. The van der Waals surface area contributed by atoms with E-state index in [9.17, 15) is 0 Å². The monoisotopic (exact) mass is 865 g/mol. The zero-order valence-corrected chi connectivity index (χ0v) is 36.3. The summed E-state index contributed by atoms with van der Waals surface area (Å²) in [5.74, 6) is 1.66. The van der Waals surface area contributed by atoms with E-state index in [2.05, 4.69) is 225 Å². The molecule has 1 N–H and O–H groups in total. The van der Waals surface area contributed by atoms with Crippen molar-refractivity contribution >= 4 is 120 Å². The predicted octanol–water partition coefficient (Wildman–Crippen LogP) is 15.4. The minimum atomic E-state index is 0.536. The van der Waals surface area contributed by atoms with E-state index >= 15 is 0 Å². The quantitative estimate of drug-likeness (QED) is 0.179. The fourth-order valence-corrected chi connectivity index (χ4v) is 11.7. The third kappa shape index (κ3) is 4.73. The Morgan fingerprint density at radius 3 is 1.43 bits per heavy atom. The van der Waals surface area contributed by atoms with Crippen molar-refractivity contribution < 1.29 is 0 Å². The van der Waals surface area contributed by atoms with Gasteiger partial charge >= 0.3 is 0 Å². The molecule has 16 rings (SSSR count). The number of aromatic amines is 1. The van der Waals surface area contributed by atoms with Crippen LogP contribution in [0.1, 0.15) is 0 Å². The molecule has 0 saturated heterocycles. The highest BCUT2D eigenvalue weighted by atomic mass is 15.3. The molecule has 7 heteroatoms. The van der Waals surface area contributed by atoms with E-state index in [1.807, 2.05) is 0 Å². The van der Waals surface area contributed by atoms with Crippen LogP contribution in [0.5, 0.6) is 0 Å². The predicted molar refractivity (Wildman–Crippen MR) is 281 cm³/mol. The van der Waals surface area contributed by atoms with Gasteiger partial charge in [0.25, 0.3) is 0 Å². The summed E-state index contributed by atoms with van der Waals surface area (Å²) in [4.78, 5) is 20.7. The number of nitrogens with one attached hydrogen (secondary N) is 1. The maximum atomic E-state index is 5.69. The Morgan fingerprint density at radius 1 is 0.324 bits per heavy atom. The number of benzene rings is 11. The van der Waals surface area contributed by atoms with Crippen molar-refractivity contribution in [3.63, 3.8) is 0 Å². The van der Waals surface area contributed by atoms with Gasteiger partial charge < -0.3 is 9.55 Å². The normalized spacial score (nSPS) is 12.4. The van der Waals surface area contributed by atoms with Crippen molar-refractivity contribution in [2.75, 3.05) is 0 Å². The molecule has 5 aromatic heterocycles. The maximum Gasteiger partial charge on any atom is 0.240 e. The van der Waals surface area contributed by atoms with Crippen LogP contribution in [0.25, 0.3) is 149 Å². The Hall–Kier alpha value is -9.33. The van der Waals surface area contributed by atoms with Crippen molar-refractivity contribution in [2.24, 2.45) is 0 Å².